The van der Waals surface area contributed by atoms with E-state index in [1.54, 1.807) is 4.31 Å². The molecule has 2 saturated heterocycles. The fraction of sp³-hybridized carbons (Fsp3) is 1.00. The van der Waals surface area contributed by atoms with E-state index < -0.39 is 10.0 Å². The van der Waals surface area contributed by atoms with Crippen molar-refractivity contribution in [2.75, 3.05) is 44.4 Å². The van der Waals surface area contributed by atoms with Crippen molar-refractivity contribution in [1.82, 2.24) is 9.62 Å². The molecule has 7 heteroatoms. The first kappa shape index (κ1) is 16.5. The van der Waals surface area contributed by atoms with Crippen LogP contribution >= 0.6 is 12.6 Å². The van der Waals surface area contributed by atoms with E-state index in [1.165, 1.54) is 0 Å². The standard InChI is InChI=1S/C13H26N2O3S2/c16-20(17,10-9-19)15(13-1-5-14-6-2-13)11-12-3-7-18-8-4-12/h12-14,19H,1-11H2. The Morgan fingerprint density at radius 1 is 1.15 bits per heavy atom. The number of piperidine rings is 1. The zero-order chi connectivity index (χ0) is 14.4. The van der Waals surface area contributed by atoms with Crippen molar-refractivity contribution >= 4 is 22.7 Å². The SMILES string of the molecule is O=S(=O)(CCS)N(CC1CCOCC1)C1CCNCC1. The molecule has 2 aliphatic rings. The summed E-state index contributed by atoms with van der Waals surface area (Å²) < 4.78 is 32.2. The lowest BCUT2D eigenvalue weighted by molar-refractivity contribution is 0.0564. The van der Waals surface area contributed by atoms with Crippen LogP contribution in [0.1, 0.15) is 25.7 Å². The van der Waals surface area contributed by atoms with E-state index in [9.17, 15) is 8.42 Å². The molecule has 0 unspecified atom stereocenters. The molecule has 0 atom stereocenters. The Labute approximate surface area is 127 Å². The molecule has 0 bridgehead atoms. The Morgan fingerprint density at radius 3 is 2.40 bits per heavy atom. The van der Waals surface area contributed by atoms with E-state index in [0.717, 1.165) is 52.0 Å². The lowest BCUT2D eigenvalue weighted by Crippen LogP contribution is -2.49. The quantitative estimate of drug-likeness (QED) is 0.708. The molecular formula is C13H26N2O3S2. The van der Waals surface area contributed by atoms with E-state index in [-0.39, 0.29) is 11.8 Å². The fourth-order valence-corrected chi connectivity index (χ4v) is 5.26. The van der Waals surface area contributed by atoms with Gasteiger partial charge >= 0.3 is 0 Å². The summed E-state index contributed by atoms with van der Waals surface area (Å²) in [4.78, 5) is 0. The maximum Gasteiger partial charge on any atom is 0.215 e. The summed E-state index contributed by atoms with van der Waals surface area (Å²) in [6, 6.07) is 0.156. The Hall–Kier alpha value is 0.180. The topological polar surface area (TPSA) is 58.6 Å². The molecule has 2 fully saturated rings. The van der Waals surface area contributed by atoms with Crippen LogP contribution in [0.5, 0.6) is 0 Å². The van der Waals surface area contributed by atoms with Crippen molar-refractivity contribution in [1.29, 1.82) is 0 Å². The van der Waals surface area contributed by atoms with Crippen molar-refractivity contribution in [3.8, 4) is 0 Å². The molecule has 0 aliphatic carbocycles. The number of ether oxygens (including phenoxy) is 1. The Balaban J connectivity index is 2.05. The smallest absolute Gasteiger partial charge is 0.215 e. The van der Waals surface area contributed by atoms with Gasteiger partial charge in [-0.1, -0.05) is 0 Å². The molecule has 2 rings (SSSR count). The van der Waals surface area contributed by atoms with Crippen LogP contribution in [0, 0.1) is 5.92 Å². The van der Waals surface area contributed by atoms with Crippen LogP contribution in [-0.2, 0) is 14.8 Å². The van der Waals surface area contributed by atoms with Crippen LogP contribution in [0.2, 0.25) is 0 Å². The molecule has 2 aliphatic heterocycles. The minimum Gasteiger partial charge on any atom is -0.381 e. The van der Waals surface area contributed by atoms with E-state index in [4.69, 9.17) is 4.74 Å². The number of hydrogen-bond donors (Lipinski definition) is 2. The third-order valence-electron chi connectivity index (χ3n) is 4.20. The molecule has 118 valence electrons. The number of hydrogen-bond acceptors (Lipinski definition) is 5. The summed E-state index contributed by atoms with van der Waals surface area (Å²) >= 11 is 4.10. The summed E-state index contributed by atoms with van der Waals surface area (Å²) in [7, 11) is -3.18. The summed E-state index contributed by atoms with van der Waals surface area (Å²) in [5, 5.41) is 3.30. The maximum atomic E-state index is 12.5. The third-order valence-corrected chi connectivity index (χ3v) is 6.61. The molecule has 2 heterocycles. The van der Waals surface area contributed by atoms with Crippen molar-refractivity contribution < 1.29 is 13.2 Å². The predicted molar refractivity (Wildman–Crippen MR) is 83.8 cm³/mol. The second kappa shape index (κ2) is 7.98. The van der Waals surface area contributed by atoms with Gasteiger partial charge in [-0.25, -0.2) is 8.42 Å². The molecule has 5 nitrogen and oxygen atoms in total. The average molecular weight is 322 g/mol. The van der Waals surface area contributed by atoms with Gasteiger partial charge in [0.1, 0.15) is 0 Å². The van der Waals surface area contributed by atoms with Crippen molar-refractivity contribution in [2.45, 2.75) is 31.7 Å². The molecule has 0 spiro atoms. The van der Waals surface area contributed by atoms with E-state index in [1.807, 2.05) is 0 Å². The largest absolute Gasteiger partial charge is 0.381 e. The first-order valence-electron chi connectivity index (χ1n) is 7.52. The highest BCUT2D eigenvalue weighted by Crippen LogP contribution is 2.23. The van der Waals surface area contributed by atoms with Gasteiger partial charge in [0.05, 0.1) is 5.75 Å². The minimum atomic E-state index is -3.18. The highest BCUT2D eigenvalue weighted by molar-refractivity contribution is 7.90. The molecule has 0 radical (unpaired) electrons. The molecule has 0 amide bonds. The summed E-state index contributed by atoms with van der Waals surface area (Å²) in [5.41, 5.74) is 0. The molecule has 0 aromatic carbocycles. The second-order valence-corrected chi connectivity index (χ2v) is 8.13. The number of thiol groups is 1. The van der Waals surface area contributed by atoms with Gasteiger partial charge in [0, 0.05) is 31.6 Å². The highest BCUT2D eigenvalue weighted by Gasteiger charge is 2.32. The van der Waals surface area contributed by atoms with Crippen LogP contribution in [0.4, 0.5) is 0 Å². The normalized spacial score (nSPS) is 23.3. The fourth-order valence-electron chi connectivity index (χ4n) is 3.00. The lowest BCUT2D eigenvalue weighted by Gasteiger charge is -2.36. The molecule has 0 aromatic rings. The summed E-state index contributed by atoms with van der Waals surface area (Å²) in [6.07, 6.45) is 3.76. The van der Waals surface area contributed by atoms with Gasteiger partial charge in [0.15, 0.2) is 0 Å². The monoisotopic (exact) mass is 322 g/mol. The maximum absolute atomic E-state index is 12.5. The first-order valence-corrected chi connectivity index (χ1v) is 9.76. The van der Waals surface area contributed by atoms with E-state index in [2.05, 4.69) is 17.9 Å². The van der Waals surface area contributed by atoms with Gasteiger partial charge < -0.3 is 10.1 Å². The van der Waals surface area contributed by atoms with E-state index in [0.29, 0.717) is 18.2 Å². The van der Waals surface area contributed by atoms with Crippen molar-refractivity contribution in [3.63, 3.8) is 0 Å². The van der Waals surface area contributed by atoms with Gasteiger partial charge in [-0.2, -0.15) is 16.9 Å². The minimum absolute atomic E-state index is 0.142. The second-order valence-electron chi connectivity index (χ2n) is 5.65. The Morgan fingerprint density at radius 2 is 1.80 bits per heavy atom. The van der Waals surface area contributed by atoms with Gasteiger partial charge in [-0.15, -0.1) is 0 Å². The zero-order valence-electron chi connectivity index (χ0n) is 12.0. The molecule has 1 N–H and O–H groups in total. The van der Waals surface area contributed by atoms with Crippen LogP contribution < -0.4 is 5.32 Å². The van der Waals surface area contributed by atoms with Crippen molar-refractivity contribution in [2.24, 2.45) is 5.92 Å². The van der Waals surface area contributed by atoms with Crippen molar-refractivity contribution in [3.05, 3.63) is 0 Å². The zero-order valence-corrected chi connectivity index (χ0v) is 13.7. The van der Waals surface area contributed by atoms with Crippen LogP contribution in [0.25, 0.3) is 0 Å². The van der Waals surface area contributed by atoms with Gasteiger partial charge in [-0.05, 0) is 44.7 Å². The Kier molecular flexibility index (Phi) is 6.61. The van der Waals surface area contributed by atoms with Gasteiger partial charge in [0.2, 0.25) is 10.0 Å². The highest BCUT2D eigenvalue weighted by atomic mass is 32.2. The lowest BCUT2D eigenvalue weighted by atomic mass is 9.99. The number of nitrogens with one attached hydrogen (secondary N) is 1. The molecule has 20 heavy (non-hydrogen) atoms. The predicted octanol–water partition coefficient (Wildman–Crippen LogP) is 0.727. The van der Waals surface area contributed by atoms with Gasteiger partial charge in [0.25, 0.3) is 0 Å². The summed E-state index contributed by atoms with van der Waals surface area (Å²) in [5.74, 6) is 0.967. The van der Waals surface area contributed by atoms with Gasteiger partial charge in [-0.3, -0.25) is 0 Å². The first-order chi connectivity index (χ1) is 9.63. The number of rotatable bonds is 6. The molecule has 0 aromatic heterocycles. The van der Waals surface area contributed by atoms with Crippen LogP contribution in [0.3, 0.4) is 0 Å². The number of sulfonamides is 1. The number of nitrogens with zero attached hydrogens (tertiary/aromatic N) is 1. The van der Waals surface area contributed by atoms with Crippen LogP contribution in [0.15, 0.2) is 0 Å². The van der Waals surface area contributed by atoms with E-state index >= 15 is 0 Å². The Bertz CT molecular complexity index is 377. The third kappa shape index (κ3) is 4.59. The molecule has 0 saturated carbocycles. The van der Waals surface area contributed by atoms with Crippen LogP contribution in [-0.4, -0.2) is 63.1 Å². The summed E-state index contributed by atoms with van der Waals surface area (Å²) in [6.45, 7) is 4.00. The molecular weight excluding hydrogens is 296 g/mol. The average Bonchev–Trinajstić information content (AvgIpc) is 2.46.